The first kappa shape index (κ1) is 36.0. The van der Waals surface area contributed by atoms with Crippen molar-refractivity contribution in [2.75, 3.05) is 4.90 Å². The van der Waals surface area contributed by atoms with Gasteiger partial charge in [0.2, 0.25) is 0 Å². The SMILES string of the molecule is C=C/C=C\C=C/C/C(=C\C=C)N(c1ccc(-c2ccccc2)cc1)c1ccc2c(c1)C(C)(c1ccccc1)c1cc(-c3ccc(-c4ccccc4)cc3)ccc1-2. The minimum Gasteiger partial charge on any atom is -0.314 e. The molecule has 0 aromatic heterocycles. The lowest BCUT2D eigenvalue weighted by Crippen LogP contribution is -2.23. The van der Waals surface area contributed by atoms with Gasteiger partial charge in [0.15, 0.2) is 0 Å². The van der Waals surface area contributed by atoms with Gasteiger partial charge in [0.1, 0.15) is 0 Å². The predicted molar refractivity (Wildman–Crippen MR) is 240 cm³/mol. The Balaban J connectivity index is 1.24. The Kier molecular flexibility index (Phi) is 10.4. The molecule has 0 amide bonds. The summed E-state index contributed by atoms with van der Waals surface area (Å²) in [5.41, 5.74) is 16.6. The van der Waals surface area contributed by atoms with E-state index in [-0.39, 0.29) is 5.41 Å². The maximum Gasteiger partial charge on any atom is 0.0462 e. The zero-order valence-corrected chi connectivity index (χ0v) is 31.9. The van der Waals surface area contributed by atoms with Crippen molar-refractivity contribution in [2.24, 2.45) is 0 Å². The molecule has 8 rings (SSSR count). The van der Waals surface area contributed by atoms with E-state index in [1.165, 1.54) is 61.2 Å². The van der Waals surface area contributed by atoms with Gasteiger partial charge in [-0.2, -0.15) is 0 Å². The molecule has 0 saturated carbocycles. The van der Waals surface area contributed by atoms with Crippen LogP contribution in [0.2, 0.25) is 0 Å². The molecule has 0 aliphatic heterocycles. The van der Waals surface area contributed by atoms with Gasteiger partial charge in [-0.05, 0) is 105 Å². The highest BCUT2D eigenvalue weighted by atomic mass is 15.1. The lowest BCUT2D eigenvalue weighted by atomic mass is 9.73. The highest BCUT2D eigenvalue weighted by molar-refractivity contribution is 5.88. The molecule has 0 fully saturated rings. The van der Waals surface area contributed by atoms with Crippen molar-refractivity contribution in [3.8, 4) is 44.5 Å². The van der Waals surface area contributed by atoms with E-state index in [2.05, 4.69) is 219 Å². The number of fused-ring (bicyclic) bond motifs is 3. The summed E-state index contributed by atoms with van der Waals surface area (Å²) in [6, 6.07) is 64.0. The minimum atomic E-state index is -0.386. The third-order valence-electron chi connectivity index (χ3n) is 11.0. The number of rotatable bonds is 12. The Labute approximate surface area is 332 Å². The first-order valence-electron chi connectivity index (χ1n) is 19.3. The Morgan fingerprint density at radius 1 is 0.482 bits per heavy atom. The van der Waals surface area contributed by atoms with Gasteiger partial charge in [-0.15, -0.1) is 0 Å². The number of benzene rings is 7. The van der Waals surface area contributed by atoms with Crippen molar-refractivity contribution in [3.05, 3.63) is 254 Å². The molecule has 0 heterocycles. The topological polar surface area (TPSA) is 3.24 Å². The van der Waals surface area contributed by atoms with Gasteiger partial charge >= 0.3 is 0 Å². The molecule has 1 heteroatoms. The average Bonchev–Trinajstić information content (AvgIpc) is 3.52. The van der Waals surface area contributed by atoms with Crippen molar-refractivity contribution in [1.29, 1.82) is 0 Å². The van der Waals surface area contributed by atoms with Crippen LogP contribution in [0.1, 0.15) is 30.0 Å². The molecule has 1 aliphatic carbocycles. The van der Waals surface area contributed by atoms with Crippen molar-refractivity contribution in [1.82, 2.24) is 0 Å². The molecule has 0 N–H and O–H groups in total. The second-order valence-electron chi connectivity index (χ2n) is 14.3. The van der Waals surface area contributed by atoms with Gasteiger partial charge in [-0.3, -0.25) is 0 Å². The summed E-state index contributed by atoms with van der Waals surface area (Å²) < 4.78 is 0. The third-order valence-corrected chi connectivity index (χ3v) is 11.0. The number of hydrogen-bond donors (Lipinski definition) is 0. The second kappa shape index (κ2) is 16.2. The van der Waals surface area contributed by atoms with Crippen molar-refractivity contribution in [3.63, 3.8) is 0 Å². The fourth-order valence-corrected chi connectivity index (χ4v) is 8.10. The molecule has 56 heavy (non-hydrogen) atoms. The van der Waals surface area contributed by atoms with Crippen LogP contribution in [-0.4, -0.2) is 0 Å². The summed E-state index contributed by atoms with van der Waals surface area (Å²) in [6.07, 6.45) is 14.7. The minimum absolute atomic E-state index is 0.386. The quantitative estimate of drug-likeness (QED) is 0.114. The van der Waals surface area contributed by atoms with E-state index >= 15 is 0 Å². The number of hydrogen-bond acceptors (Lipinski definition) is 1. The Bertz CT molecular complexity index is 2560. The van der Waals surface area contributed by atoms with Crippen LogP contribution in [-0.2, 0) is 5.41 Å². The van der Waals surface area contributed by atoms with E-state index in [4.69, 9.17) is 0 Å². The van der Waals surface area contributed by atoms with E-state index in [0.29, 0.717) is 6.42 Å². The third kappa shape index (κ3) is 7.04. The van der Waals surface area contributed by atoms with Crippen LogP contribution in [0.5, 0.6) is 0 Å². The van der Waals surface area contributed by atoms with Crippen LogP contribution in [0.4, 0.5) is 11.4 Å². The molecular formula is C55H45N. The van der Waals surface area contributed by atoms with Gasteiger partial charge in [-0.1, -0.05) is 195 Å². The summed E-state index contributed by atoms with van der Waals surface area (Å²) in [7, 11) is 0. The Hall–Kier alpha value is -6.96. The summed E-state index contributed by atoms with van der Waals surface area (Å²) in [5, 5.41) is 0. The summed E-state index contributed by atoms with van der Waals surface area (Å²) >= 11 is 0. The van der Waals surface area contributed by atoms with Gasteiger partial charge in [-0.25, -0.2) is 0 Å². The van der Waals surface area contributed by atoms with Crippen LogP contribution in [0.15, 0.2) is 237 Å². The molecule has 270 valence electrons. The van der Waals surface area contributed by atoms with Gasteiger partial charge in [0, 0.05) is 28.9 Å². The van der Waals surface area contributed by atoms with Crippen LogP contribution in [0.25, 0.3) is 44.5 Å². The number of allylic oxidation sites excluding steroid dienone is 7. The van der Waals surface area contributed by atoms with Gasteiger partial charge in [0.25, 0.3) is 0 Å². The molecule has 7 aromatic carbocycles. The fourth-order valence-electron chi connectivity index (χ4n) is 8.10. The standard InChI is InChI=1S/C55H45N/c1-4-6-7-8-18-26-48(19-5-2)56(49-34-31-44(32-35-49)42-22-14-10-15-23-42)50-36-38-52-51-37-33-46(45-29-27-43(28-30-45)41-20-12-9-13-21-41)39-53(51)55(3,54(52)40-50)47-24-16-11-17-25-47/h4-25,27-40H,1-2,26H2,3H3/b7-6-,18-8-,48-19+. The monoisotopic (exact) mass is 719 g/mol. The lowest BCUT2D eigenvalue weighted by molar-refractivity contribution is 0.714. The van der Waals surface area contributed by atoms with Crippen LogP contribution in [0, 0.1) is 0 Å². The largest absolute Gasteiger partial charge is 0.314 e. The van der Waals surface area contributed by atoms with Crippen molar-refractivity contribution in [2.45, 2.75) is 18.8 Å². The van der Waals surface area contributed by atoms with Gasteiger partial charge < -0.3 is 4.90 Å². The Morgan fingerprint density at radius 2 is 0.964 bits per heavy atom. The zero-order valence-electron chi connectivity index (χ0n) is 31.9. The first-order valence-corrected chi connectivity index (χ1v) is 19.3. The van der Waals surface area contributed by atoms with Gasteiger partial charge in [0.05, 0.1) is 0 Å². The molecule has 1 unspecified atom stereocenters. The van der Waals surface area contributed by atoms with Crippen molar-refractivity contribution >= 4 is 11.4 Å². The summed E-state index contributed by atoms with van der Waals surface area (Å²) in [5.74, 6) is 0. The molecule has 1 nitrogen and oxygen atoms in total. The molecule has 7 aromatic rings. The maximum absolute atomic E-state index is 4.13. The molecular weight excluding hydrogens is 675 g/mol. The lowest BCUT2D eigenvalue weighted by Gasteiger charge is -2.32. The van der Waals surface area contributed by atoms with Crippen LogP contribution in [0.3, 0.4) is 0 Å². The summed E-state index contributed by atoms with van der Waals surface area (Å²) in [6.45, 7) is 10.3. The molecule has 0 radical (unpaired) electrons. The molecule has 0 spiro atoms. The second-order valence-corrected chi connectivity index (χ2v) is 14.3. The molecule has 1 atom stereocenters. The van der Waals surface area contributed by atoms with E-state index in [1.807, 2.05) is 18.2 Å². The van der Waals surface area contributed by atoms with E-state index < -0.39 is 0 Å². The number of nitrogens with zero attached hydrogens (tertiary/aromatic N) is 1. The van der Waals surface area contributed by atoms with Crippen LogP contribution < -0.4 is 4.90 Å². The smallest absolute Gasteiger partial charge is 0.0462 e. The normalized spacial score (nSPS) is 14.8. The van der Waals surface area contributed by atoms with E-state index in [0.717, 1.165) is 17.1 Å². The maximum atomic E-state index is 4.13. The van der Waals surface area contributed by atoms with Crippen LogP contribution >= 0.6 is 0 Å². The molecule has 1 aliphatic rings. The van der Waals surface area contributed by atoms with E-state index in [9.17, 15) is 0 Å². The first-order chi connectivity index (χ1) is 27.6. The Morgan fingerprint density at radius 3 is 1.55 bits per heavy atom. The number of anilines is 2. The predicted octanol–water partition coefficient (Wildman–Crippen LogP) is 14.9. The fraction of sp³-hybridized carbons (Fsp3) is 0.0545. The molecule has 0 saturated heterocycles. The van der Waals surface area contributed by atoms with E-state index in [1.54, 1.807) is 6.08 Å². The average molecular weight is 720 g/mol. The summed E-state index contributed by atoms with van der Waals surface area (Å²) in [4.78, 5) is 2.38. The molecule has 0 bridgehead atoms. The highest BCUT2D eigenvalue weighted by Gasteiger charge is 2.41. The van der Waals surface area contributed by atoms with Crippen molar-refractivity contribution < 1.29 is 0 Å². The zero-order chi connectivity index (χ0) is 38.3. The highest BCUT2D eigenvalue weighted by Crippen LogP contribution is 2.54.